The van der Waals surface area contributed by atoms with Crippen LogP contribution in [-0.2, 0) is 6.54 Å². The molecule has 1 aromatic carbocycles. The molecular weight excluding hydrogens is 425 g/mol. The zero-order valence-electron chi connectivity index (χ0n) is 15.4. The van der Waals surface area contributed by atoms with Crippen LogP contribution >= 0.6 is 24.0 Å². The molecule has 0 aliphatic heterocycles. The lowest BCUT2D eigenvalue weighted by Gasteiger charge is -2.15. The number of guanidine groups is 1. The number of para-hydroxylation sites is 1. The molecule has 0 bridgehead atoms. The molecule has 0 saturated carbocycles. The van der Waals surface area contributed by atoms with Crippen LogP contribution in [0, 0.1) is 5.92 Å². The van der Waals surface area contributed by atoms with Crippen LogP contribution in [0.25, 0.3) is 5.69 Å². The molecule has 1 aromatic heterocycles. The minimum Gasteiger partial charge on any atom is -0.370 e. The molecule has 0 saturated heterocycles. The highest BCUT2D eigenvalue weighted by molar-refractivity contribution is 14.0. The molecule has 25 heavy (non-hydrogen) atoms. The molecule has 1 unspecified atom stereocenters. The maximum Gasteiger partial charge on any atom is 0.189 e. The fourth-order valence-corrected chi connectivity index (χ4v) is 2.67. The molecule has 0 fully saturated rings. The zero-order valence-corrected chi connectivity index (χ0v) is 17.7. The van der Waals surface area contributed by atoms with Gasteiger partial charge in [0.15, 0.2) is 5.96 Å². The number of aliphatic imine (C=N–C) groups is 1. The summed E-state index contributed by atoms with van der Waals surface area (Å²) >= 11 is 0. The first-order valence-corrected chi connectivity index (χ1v) is 8.69. The average Bonchev–Trinajstić information content (AvgIpc) is 3.07. The zero-order chi connectivity index (χ0) is 17.4. The number of halogens is 1. The molecule has 0 amide bonds. The molecule has 3 N–H and O–H groups in total. The van der Waals surface area contributed by atoms with Gasteiger partial charge in [-0.05, 0) is 30.9 Å². The molecule has 1 heterocycles. The van der Waals surface area contributed by atoms with Crippen molar-refractivity contribution in [2.45, 2.75) is 52.6 Å². The summed E-state index contributed by atoms with van der Waals surface area (Å²) in [6.07, 6.45) is 9.07. The minimum atomic E-state index is 0. The van der Waals surface area contributed by atoms with Gasteiger partial charge in [-0.1, -0.05) is 44.9 Å². The standard InChI is InChI=1S/C19H29N5.HI/c1-15(2)7-6-8-16(3)23-19(20)22-13-17-9-4-5-10-18(17)24-12-11-21-14-24;/h4-5,9-12,14-16H,6-8,13H2,1-3H3,(H3,20,22,23);1H. The van der Waals surface area contributed by atoms with E-state index in [1.807, 2.05) is 22.9 Å². The van der Waals surface area contributed by atoms with Crippen molar-refractivity contribution in [2.24, 2.45) is 16.6 Å². The molecule has 138 valence electrons. The first-order chi connectivity index (χ1) is 11.6. The third-order valence-electron chi connectivity index (χ3n) is 4.01. The van der Waals surface area contributed by atoms with Crippen molar-refractivity contribution in [1.29, 1.82) is 0 Å². The lowest BCUT2D eigenvalue weighted by Crippen LogP contribution is -2.38. The number of hydrogen-bond donors (Lipinski definition) is 2. The summed E-state index contributed by atoms with van der Waals surface area (Å²) < 4.78 is 1.99. The van der Waals surface area contributed by atoms with Gasteiger partial charge in [-0.15, -0.1) is 24.0 Å². The quantitative estimate of drug-likeness (QED) is 0.358. The first-order valence-electron chi connectivity index (χ1n) is 8.69. The van der Waals surface area contributed by atoms with E-state index < -0.39 is 0 Å². The van der Waals surface area contributed by atoms with Gasteiger partial charge in [-0.25, -0.2) is 9.98 Å². The van der Waals surface area contributed by atoms with Gasteiger partial charge < -0.3 is 15.6 Å². The monoisotopic (exact) mass is 455 g/mol. The summed E-state index contributed by atoms with van der Waals surface area (Å²) in [6, 6.07) is 8.50. The van der Waals surface area contributed by atoms with Gasteiger partial charge in [0.2, 0.25) is 0 Å². The summed E-state index contributed by atoms with van der Waals surface area (Å²) in [7, 11) is 0. The highest BCUT2D eigenvalue weighted by atomic mass is 127. The van der Waals surface area contributed by atoms with Gasteiger partial charge in [0.05, 0.1) is 18.6 Å². The Morgan fingerprint density at radius 3 is 2.68 bits per heavy atom. The number of nitrogens with two attached hydrogens (primary N) is 1. The molecule has 0 spiro atoms. The van der Waals surface area contributed by atoms with Crippen LogP contribution in [0.3, 0.4) is 0 Å². The van der Waals surface area contributed by atoms with Crippen molar-refractivity contribution < 1.29 is 0 Å². The van der Waals surface area contributed by atoms with Gasteiger partial charge in [-0.2, -0.15) is 0 Å². The van der Waals surface area contributed by atoms with E-state index in [2.05, 4.69) is 48.2 Å². The predicted molar refractivity (Wildman–Crippen MR) is 116 cm³/mol. The van der Waals surface area contributed by atoms with Crippen molar-refractivity contribution in [3.05, 3.63) is 48.5 Å². The Morgan fingerprint density at radius 1 is 1.24 bits per heavy atom. The Kier molecular flexibility index (Phi) is 9.55. The van der Waals surface area contributed by atoms with E-state index in [0.717, 1.165) is 23.6 Å². The number of aromatic nitrogens is 2. The smallest absolute Gasteiger partial charge is 0.189 e. The Bertz CT molecular complexity index is 637. The maximum atomic E-state index is 6.04. The number of hydrogen-bond acceptors (Lipinski definition) is 2. The summed E-state index contributed by atoms with van der Waals surface area (Å²) in [5, 5.41) is 3.29. The van der Waals surface area contributed by atoms with Crippen LogP contribution in [0.4, 0.5) is 0 Å². The first kappa shape index (κ1) is 21.5. The number of nitrogens with zero attached hydrogens (tertiary/aromatic N) is 3. The van der Waals surface area contributed by atoms with E-state index in [-0.39, 0.29) is 24.0 Å². The Balaban J connectivity index is 0.00000312. The number of benzene rings is 1. The average molecular weight is 455 g/mol. The normalized spacial score (nSPS) is 12.7. The summed E-state index contributed by atoms with van der Waals surface area (Å²) in [5.74, 6) is 1.26. The van der Waals surface area contributed by atoms with Gasteiger partial charge in [0, 0.05) is 18.4 Å². The molecule has 2 aromatic rings. The second-order valence-electron chi connectivity index (χ2n) is 6.67. The van der Waals surface area contributed by atoms with Crippen molar-refractivity contribution in [2.75, 3.05) is 0 Å². The highest BCUT2D eigenvalue weighted by Crippen LogP contribution is 2.15. The topological polar surface area (TPSA) is 68.2 Å². The Labute approximate surface area is 168 Å². The van der Waals surface area contributed by atoms with Gasteiger partial charge in [0.1, 0.15) is 0 Å². The lowest BCUT2D eigenvalue weighted by atomic mass is 10.0. The molecule has 0 aliphatic carbocycles. The molecule has 0 aliphatic rings. The molecule has 1 atom stereocenters. The van der Waals surface area contributed by atoms with E-state index >= 15 is 0 Å². The summed E-state index contributed by atoms with van der Waals surface area (Å²) in [5.41, 5.74) is 8.24. The number of nitrogens with one attached hydrogen (secondary N) is 1. The van der Waals surface area contributed by atoms with Crippen LogP contribution in [0.15, 0.2) is 48.0 Å². The van der Waals surface area contributed by atoms with Crippen molar-refractivity contribution in [3.63, 3.8) is 0 Å². The van der Waals surface area contributed by atoms with Gasteiger partial charge >= 0.3 is 0 Å². The molecule has 6 heteroatoms. The Morgan fingerprint density at radius 2 is 2.00 bits per heavy atom. The number of rotatable bonds is 8. The van der Waals surface area contributed by atoms with Crippen molar-refractivity contribution in [1.82, 2.24) is 14.9 Å². The van der Waals surface area contributed by atoms with E-state index in [9.17, 15) is 0 Å². The van der Waals surface area contributed by atoms with E-state index in [1.54, 1.807) is 12.5 Å². The van der Waals surface area contributed by atoms with Crippen molar-refractivity contribution in [3.8, 4) is 5.69 Å². The summed E-state index contributed by atoms with van der Waals surface area (Å²) in [6.45, 7) is 7.21. The SMILES string of the molecule is CC(C)CCCC(C)NC(N)=NCc1ccccc1-n1ccnc1.I. The van der Waals surface area contributed by atoms with Crippen LogP contribution in [0.5, 0.6) is 0 Å². The largest absolute Gasteiger partial charge is 0.370 e. The van der Waals surface area contributed by atoms with Gasteiger partial charge in [-0.3, -0.25) is 0 Å². The fourth-order valence-electron chi connectivity index (χ4n) is 2.67. The summed E-state index contributed by atoms with van der Waals surface area (Å²) in [4.78, 5) is 8.60. The van der Waals surface area contributed by atoms with E-state index in [0.29, 0.717) is 18.5 Å². The fraction of sp³-hybridized carbons (Fsp3) is 0.474. The van der Waals surface area contributed by atoms with E-state index in [4.69, 9.17) is 5.73 Å². The second-order valence-corrected chi connectivity index (χ2v) is 6.67. The lowest BCUT2D eigenvalue weighted by molar-refractivity contribution is 0.493. The Hall–Kier alpha value is -1.57. The van der Waals surface area contributed by atoms with Crippen LogP contribution < -0.4 is 11.1 Å². The maximum absolute atomic E-state index is 6.04. The molecular formula is C19H30IN5. The highest BCUT2D eigenvalue weighted by Gasteiger charge is 2.06. The predicted octanol–water partition coefficient (Wildman–Crippen LogP) is 4.11. The van der Waals surface area contributed by atoms with E-state index in [1.165, 1.54) is 12.8 Å². The van der Waals surface area contributed by atoms with Crippen LogP contribution in [0.2, 0.25) is 0 Å². The van der Waals surface area contributed by atoms with Crippen LogP contribution in [-0.4, -0.2) is 21.6 Å². The molecule has 5 nitrogen and oxygen atoms in total. The second kappa shape index (κ2) is 11.1. The van der Waals surface area contributed by atoms with Gasteiger partial charge in [0.25, 0.3) is 0 Å². The molecule has 0 radical (unpaired) electrons. The third kappa shape index (κ3) is 7.46. The van der Waals surface area contributed by atoms with Crippen LogP contribution in [0.1, 0.15) is 45.6 Å². The van der Waals surface area contributed by atoms with Crippen molar-refractivity contribution >= 4 is 29.9 Å². The third-order valence-corrected chi connectivity index (χ3v) is 4.01. The minimum absolute atomic E-state index is 0. The molecule has 2 rings (SSSR count). The number of imidazole rings is 1.